The highest BCUT2D eigenvalue weighted by Gasteiger charge is 2.19. The van der Waals surface area contributed by atoms with E-state index < -0.39 is 0 Å². The molecule has 0 radical (unpaired) electrons. The van der Waals surface area contributed by atoms with Crippen LogP contribution in [0.3, 0.4) is 0 Å². The molecule has 1 aliphatic rings. The summed E-state index contributed by atoms with van der Waals surface area (Å²) in [4.78, 5) is 26.2. The van der Waals surface area contributed by atoms with Crippen molar-refractivity contribution in [3.63, 3.8) is 0 Å². The maximum absolute atomic E-state index is 12.9. The number of nitrogens with zero attached hydrogens (tertiary/aromatic N) is 5. The number of pyridine rings is 2. The third-order valence-corrected chi connectivity index (χ3v) is 5.53. The third-order valence-electron chi connectivity index (χ3n) is 5.53. The van der Waals surface area contributed by atoms with Crippen molar-refractivity contribution in [3.8, 4) is 0 Å². The zero-order chi connectivity index (χ0) is 19.8. The van der Waals surface area contributed by atoms with Crippen LogP contribution in [-0.4, -0.2) is 58.4 Å². The highest BCUT2D eigenvalue weighted by atomic mass is 16.2. The van der Waals surface area contributed by atoms with E-state index >= 15 is 0 Å². The molecular weight excluding hydrogens is 364 g/mol. The number of nitrogens with one attached hydrogen (secondary N) is 1. The molecule has 29 heavy (non-hydrogen) atoms. The number of hydrogen-bond donors (Lipinski definition) is 1. The van der Waals surface area contributed by atoms with Crippen LogP contribution in [0.4, 0.5) is 11.4 Å². The van der Waals surface area contributed by atoms with E-state index in [1.807, 2.05) is 42.7 Å². The molecule has 7 heteroatoms. The molecule has 1 saturated heterocycles. The molecule has 0 saturated carbocycles. The van der Waals surface area contributed by atoms with Crippen LogP contribution in [-0.2, 0) is 0 Å². The lowest BCUT2D eigenvalue weighted by molar-refractivity contribution is 0.101. The van der Waals surface area contributed by atoms with E-state index in [0.717, 1.165) is 48.2 Å². The highest BCUT2D eigenvalue weighted by Crippen LogP contribution is 2.32. The van der Waals surface area contributed by atoms with Gasteiger partial charge in [0.15, 0.2) is 0 Å². The number of carbonyl (C=O) groups is 1. The van der Waals surface area contributed by atoms with Crippen molar-refractivity contribution in [1.82, 2.24) is 19.3 Å². The SMILES string of the molecule is CN1CCN(c2ccc(NC(=O)c3ncc4ccccn34)c3cnccc23)CC1. The molecule has 4 aromatic rings. The van der Waals surface area contributed by atoms with E-state index in [1.54, 1.807) is 16.8 Å². The van der Waals surface area contributed by atoms with Crippen LogP contribution in [0, 0.1) is 0 Å². The number of rotatable bonds is 3. The Kier molecular flexibility index (Phi) is 4.37. The standard InChI is InChI=1S/C22H22N6O/c1-26-10-12-27(13-11-26)20-6-5-19(18-15-23-8-7-17(18)20)25-22(29)21-24-14-16-4-2-3-9-28(16)21/h2-9,14-15H,10-13H2,1H3,(H,25,29). The van der Waals surface area contributed by atoms with Gasteiger partial charge in [0.05, 0.1) is 17.4 Å². The fraction of sp³-hybridized carbons (Fsp3) is 0.227. The lowest BCUT2D eigenvalue weighted by Crippen LogP contribution is -2.44. The van der Waals surface area contributed by atoms with E-state index in [4.69, 9.17) is 0 Å². The number of likely N-dealkylation sites (N-methyl/N-ethyl adjacent to an activating group) is 1. The minimum atomic E-state index is -0.242. The van der Waals surface area contributed by atoms with E-state index in [9.17, 15) is 4.79 Å². The fourth-order valence-corrected chi connectivity index (χ4v) is 3.90. The van der Waals surface area contributed by atoms with Gasteiger partial charge in [0, 0.05) is 61.2 Å². The number of fused-ring (bicyclic) bond motifs is 2. The van der Waals surface area contributed by atoms with Crippen molar-refractivity contribution in [2.24, 2.45) is 0 Å². The van der Waals surface area contributed by atoms with Gasteiger partial charge >= 0.3 is 0 Å². The van der Waals surface area contributed by atoms with Gasteiger partial charge in [-0.15, -0.1) is 0 Å². The van der Waals surface area contributed by atoms with Gasteiger partial charge in [0.2, 0.25) is 5.82 Å². The van der Waals surface area contributed by atoms with Crippen molar-refractivity contribution in [2.75, 3.05) is 43.4 Å². The summed E-state index contributed by atoms with van der Waals surface area (Å²) in [5.41, 5.74) is 2.80. The Hall–Kier alpha value is -3.45. The summed E-state index contributed by atoms with van der Waals surface area (Å²) in [6.45, 7) is 4.05. The molecule has 1 amide bonds. The largest absolute Gasteiger partial charge is 0.368 e. The average molecular weight is 386 g/mol. The van der Waals surface area contributed by atoms with Gasteiger partial charge < -0.3 is 15.1 Å². The van der Waals surface area contributed by atoms with Crippen molar-refractivity contribution >= 4 is 33.6 Å². The summed E-state index contributed by atoms with van der Waals surface area (Å²) in [6.07, 6.45) is 7.15. The van der Waals surface area contributed by atoms with Gasteiger partial charge in [-0.1, -0.05) is 6.07 Å². The molecule has 0 aliphatic carbocycles. The van der Waals surface area contributed by atoms with Crippen molar-refractivity contribution in [1.29, 1.82) is 0 Å². The Labute approximate surface area is 168 Å². The first kappa shape index (κ1) is 17.6. The van der Waals surface area contributed by atoms with Gasteiger partial charge in [0.1, 0.15) is 0 Å². The molecular formula is C22H22N6O. The zero-order valence-electron chi connectivity index (χ0n) is 16.2. The molecule has 4 heterocycles. The normalized spacial score (nSPS) is 15.1. The molecule has 0 unspecified atom stereocenters. The van der Waals surface area contributed by atoms with Crippen molar-refractivity contribution in [2.45, 2.75) is 0 Å². The quantitative estimate of drug-likeness (QED) is 0.587. The van der Waals surface area contributed by atoms with E-state index in [2.05, 4.69) is 38.2 Å². The number of anilines is 2. The van der Waals surface area contributed by atoms with Crippen LogP contribution >= 0.6 is 0 Å². The molecule has 7 nitrogen and oxygen atoms in total. The second-order valence-corrected chi connectivity index (χ2v) is 7.38. The third kappa shape index (κ3) is 3.19. The summed E-state index contributed by atoms with van der Waals surface area (Å²) in [5, 5.41) is 5.05. The van der Waals surface area contributed by atoms with Crippen LogP contribution in [0.1, 0.15) is 10.6 Å². The lowest BCUT2D eigenvalue weighted by Gasteiger charge is -2.34. The summed E-state index contributed by atoms with van der Waals surface area (Å²) >= 11 is 0. The van der Waals surface area contributed by atoms with Crippen LogP contribution in [0.25, 0.3) is 16.3 Å². The monoisotopic (exact) mass is 386 g/mol. The first-order valence-electron chi connectivity index (χ1n) is 9.74. The predicted molar refractivity (Wildman–Crippen MR) is 115 cm³/mol. The minimum Gasteiger partial charge on any atom is -0.368 e. The van der Waals surface area contributed by atoms with Crippen molar-refractivity contribution in [3.05, 3.63) is 67.0 Å². The first-order chi connectivity index (χ1) is 14.2. The molecule has 1 aromatic carbocycles. The second-order valence-electron chi connectivity index (χ2n) is 7.38. The smallest absolute Gasteiger partial charge is 0.292 e. The van der Waals surface area contributed by atoms with E-state index in [0.29, 0.717) is 5.82 Å². The molecule has 146 valence electrons. The fourth-order valence-electron chi connectivity index (χ4n) is 3.90. The molecule has 3 aromatic heterocycles. The maximum atomic E-state index is 12.9. The Balaban J connectivity index is 1.49. The molecule has 5 rings (SSSR count). The number of piperazine rings is 1. The van der Waals surface area contributed by atoms with Gasteiger partial charge in [-0.3, -0.25) is 14.2 Å². The average Bonchev–Trinajstić information content (AvgIpc) is 3.19. The Morgan fingerprint density at radius 1 is 1.00 bits per heavy atom. The number of hydrogen-bond acceptors (Lipinski definition) is 5. The highest BCUT2D eigenvalue weighted by molar-refractivity contribution is 6.10. The Morgan fingerprint density at radius 2 is 1.86 bits per heavy atom. The summed E-state index contributed by atoms with van der Waals surface area (Å²) in [6, 6.07) is 11.8. The second kappa shape index (κ2) is 7.18. The molecule has 1 N–H and O–H groups in total. The van der Waals surface area contributed by atoms with Crippen LogP contribution in [0.15, 0.2) is 61.2 Å². The summed E-state index contributed by atoms with van der Waals surface area (Å²) < 4.78 is 1.79. The van der Waals surface area contributed by atoms with Gasteiger partial charge in [0.25, 0.3) is 5.91 Å². The first-order valence-corrected chi connectivity index (χ1v) is 9.74. The van der Waals surface area contributed by atoms with E-state index in [-0.39, 0.29) is 5.91 Å². The number of imidazole rings is 1. The molecule has 0 spiro atoms. The number of aromatic nitrogens is 3. The topological polar surface area (TPSA) is 65.8 Å². The number of benzene rings is 1. The zero-order valence-corrected chi connectivity index (χ0v) is 16.2. The number of amides is 1. The van der Waals surface area contributed by atoms with Crippen molar-refractivity contribution < 1.29 is 4.79 Å². The van der Waals surface area contributed by atoms with Crippen LogP contribution < -0.4 is 10.2 Å². The Bertz CT molecular complexity index is 1190. The molecule has 0 bridgehead atoms. The van der Waals surface area contributed by atoms with Gasteiger partial charge in [-0.2, -0.15) is 0 Å². The lowest BCUT2D eigenvalue weighted by atomic mass is 10.1. The number of carbonyl (C=O) groups excluding carboxylic acids is 1. The predicted octanol–water partition coefficient (Wildman–Crippen LogP) is 2.89. The van der Waals surface area contributed by atoms with E-state index in [1.165, 1.54) is 5.69 Å². The molecule has 1 fully saturated rings. The summed E-state index contributed by atoms with van der Waals surface area (Å²) in [7, 11) is 2.15. The maximum Gasteiger partial charge on any atom is 0.292 e. The molecule has 0 atom stereocenters. The van der Waals surface area contributed by atoms with Gasteiger partial charge in [-0.05, 0) is 37.4 Å². The van der Waals surface area contributed by atoms with Gasteiger partial charge in [-0.25, -0.2) is 4.98 Å². The Morgan fingerprint density at radius 3 is 2.72 bits per heavy atom. The minimum absolute atomic E-state index is 0.242. The van der Waals surface area contributed by atoms with Crippen LogP contribution in [0.2, 0.25) is 0 Å². The van der Waals surface area contributed by atoms with Crippen LogP contribution in [0.5, 0.6) is 0 Å². The molecule has 1 aliphatic heterocycles. The summed E-state index contributed by atoms with van der Waals surface area (Å²) in [5.74, 6) is 0.120.